The van der Waals surface area contributed by atoms with Gasteiger partial charge in [-0.2, -0.15) is 18.6 Å². The van der Waals surface area contributed by atoms with Crippen LogP contribution in [0.2, 0.25) is 0 Å². The van der Waals surface area contributed by atoms with Gasteiger partial charge in [-0.3, -0.25) is 4.55 Å². The van der Waals surface area contributed by atoms with Gasteiger partial charge < -0.3 is 39.2 Å². The molecule has 5 N–H and O–H groups in total. The summed E-state index contributed by atoms with van der Waals surface area (Å²) < 4.78 is 89.8. The zero-order valence-electron chi connectivity index (χ0n) is 32.9. The number of phenolic OH excluding ortho intramolecular Hbond substituents is 1. The van der Waals surface area contributed by atoms with Gasteiger partial charge in [-0.25, -0.2) is 13.1 Å². The van der Waals surface area contributed by atoms with E-state index in [9.17, 15) is 26.5 Å². The first-order valence-electron chi connectivity index (χ1n) is 18.5. The molecule has 5 rings (SSSR count). The number of aliphatic hydroxyl groups is 1. The van der Waals surface area contributed by atoms with Crippen molar-refractivity contribution in [2.45, 2.75) is 16.7 Å². The number of rotatable bonds is 24. The largest absolute Gasteiger partial charge is 0.505 e. The van der Waals surface area contributed by atoms with E-state index in [1.165, 1.54) is 43.5 Å². The standard InChI is InChI=1S/C40H46N6O12S2/c1-28-24-36(45-46-39-38(60(51,52)53)26-29-25-32(10-13-34(29)40(39)48)42-30-6-4-3-5-7-30)37(54-2)27-35(28)44-43-31-8-11-33(12-9-31)59(49,50)41-14-16-55-18-20-57-22-23-58-21-19-56-17-15-47/h3-13,24-27,41-42,47-48H,14-23H2,1-2H3,(H,51,52,53). The number of anilines is 2. The molecule has 20 heteroatoms. The highest BCUT2D eigenvalue weighted by atomic mass is 32.2. The lowest BCUT2D eigenvalue weighted by Crippen LogP contribution is -2.27. The zero-order chi connectivity index (χ0) is 43.0. The fourth-order valence-electron chi connectivity index (χ4n) is 5.49. The Morgan fingerprint density at radius 3 is 1.93 bits per heavy atom. The Balaban J connectivity index is 1.18. The van der Waals surface area contributed by atoms with Crippen LogP contribution in [0.4, 0.5) is 34.1 Å². The number of nitrogens with one attached hydrogen (secondary N) is 2. The number of fused-ring (bicyclic) bond motifs is 1. The van der Waals surface area contributed by atoms with E-state index in [2.05, 4.69) is 30.5 Å². The number of phenols is 1. The van der Waals surface area contributed by atoms with Crippen molar-refractivity contribution in [2.24, 2.45) is 20.5 Å². The Hall–Kier alpha value is -5.42. The van der Waals surface area contributed by atoms with Crippen LogP contribution in [0.25, 0.3) is 10.8 Å². The van der Waals surface area contributed by atoms with Gasteiger partial charge in [0.05, 0.1) is 82.8 Å². The van der Waals surface area contributed by atoms with Crippen LogP contribution in [0.1, 0.15) is 5.56 Å². The van der Waals surface area contributed by atoms with Gasteiger partial charge in [0, 0.05) is 29.4 Å². The van der Waals surface area contributed by atoms with Crippen LogP contribution in [0.5, 0.6) is 11.5 Å². The summed E-state index contributed by atoms with van der Waals surface area (Å²) in [7, 11) is -7.29. The number of ether oxygens (including phenoxy) is 5. The maximum Gasteiger partial charge on any atom is 0.296 e. The molecule has 5 aromatic rings. The van der Waals surface area contributed by atoms with Crippen molar-refractivity contribution >= 4 is 65.0 Å². The molecule has 0 spiro atoms. The second-order valence-electron chi connectivity index (χ2n) is 12.7. The third-order valence-corrected chi connectivity index (χ3v) is 10.8. The molecule has 0 radical (unpaired) electrons. The molecular weight excluding hydrogens is 821 g/mol. The summed E-state index contributed by atoms with van der Waals surface area (Å²) in [6.07, 6.45) is 0. The third-order valence-electron chi connectivity index (χ3n) is 8.46. The minimum Gasteiger partial charge on any atom is -0.505 e. The zero-order valence-corrected chi connectivity index (χ0v) is 34.5. The van der Waals surface area contributed by atoms with E-state index < -0.39 is 36.5 Å². The first-order valence-corrected chi connectivity index (χ1v) is 21.4. The minimum absolute atomic E-state index is 0.0264. The number of sulfonamides is 1. The lowest BCUT2D eigenvalue weighted by Gasteiger charge is -2.12. The summed E-state index contributed by atoms with van der Waals surface area (Å²) in [4.78, 5) is -0.619. The Kier molecular flexibility index (Phi) is 16.9. The van der Waals surface area contributed by atoms with Gasteiger partial charge in [0.2, 0.25) is 10.0 Å². The van der Waals surface area contributed by atoms with Crippen LogP contribution in [0, 0.1) is 6.92 Å². The fraction of sp³-hybridized carbons (Fsp3) is 0.300. The maximum atomic E-state index is 12.8. The van der Waals surface area contributed by atoms with Gasteiger partial charge in [0.25, 0.3) is 10.1 Å². The van der Waals surface area contributed by atoms with E-state index in [0.29, 0.717) is 61.0 Å². The van der Waals surface area contributed by atoms with Crippen molar-refractivity contribution in [3.63, 3.8) is 0 Å². The van der Waals surface area contributed by atoms with E-state index in [0.717, 1.165) is 5.69 Å². The van der Waals surface area contributed by atoms with E-state index in [-0.39, 0.29) is 54.7 Å². The maximum absolute atomic E-state index is 12.8. The number of hydrogen-bond donors (Lipinski definition) is 5. The van der Waals surface area contributed by atoms with Crippen LogP contribution in [0.15, 0.2) is 121 Å². The molecule has 0 atom stereocenters. The molecule has 60 heavy (non-hydrogen) atoms. The van der Waals surface area contributed by atoms with Crippen LogP contribution < -0.4 is 14.8 Å². The summed E-state index contributed by atoms with van der Waals surface area (Å²) in [6.45, 7) is 4.32. The Morgan fingerprint density at radius 1 is 0.667 bits per heavy atom. The molecule has 0 aliphatic carbocycles. The summed E-state index contributed by atoms with van der Waals surface area (Å²) in [6, 6.07) is 24.3. The molecule has 0 aliphatic heterocycles. The SMILES string of the molecule is COc1cc(N=Nc2ccc(S(=O)(=O)NCCOCCOCCOCCOCCO)cc2)c(C)cc1N=Nc1c(S(=O)(=O)O)cc2cc(Nc3ccccc3)ccc2c1O. The smallest absolute Gasteiger partial charge is 0.296 e. The average Bonchev–Trinajstić information content (AvgIpc) is 3.23. The average molecular weight is 867 g/mol. The van der Waals surface area contributed by atoms with Gasteiger partial charge in [0.1, 0.15) is 22.0 Å². The number of aliphatic hydroxyl groups excluding tert-OH is 1. The number of para-hydroxylation sites is 1. The predicted octanol–water partition coefficient (Wildman–Crippen LogP) is 7.02. The molecule has 0 aliphatic rings. The lowest BCUT2D eigenvalue weighted by atomic mass is 10.1. The molecular formula is C40H46N6O12S2. The lowest BCUT2D eigenvalue weighted by molar-refractivity contribution is -0.00496. The Bertz CT molecular complexity index is 2470. The number of azo groups is 2. The molecule has 0 heterocycles. The molecule has 320 valence electrons. The number of benzene rings is 5. The molecule has 0 unspecified atom stereocenters. The monoisotopic (exact) mass is 866 g/mol. The van der Waals surface area contributed by atoms with Crippen molar-refractivity contribution in [1.29, 1.82) is 0 Å². The normalized spacial score (nSPS) is 12.2. The fourth-order valence-corrected chi connectivity index (χ4v) is 7.16. The summed E-state index contributed by atoms with van der Waals surface area (Å²) >= 11 is 0. The molecule has 0 saturated carbocycles. The van der Waals surface area contributed by atoms with E-state index in [4.69, 9.17) is 28.8 Å². The van der Waals surface area contributed by atoms with Gasteiger partial charge in [0.15, 0.2) is 5.75 Å². The highest BCUT2D eigenvalue weighted by Crippen LogP contribution is 2.43. The van der Waals surface area contributed by atoms with Crippen molar-refractivity contribution < 1.29 is 55.3 Å². The molecule has 0 bridgehead atoms. The summed E-state index contributed by atoms with van der Waals surface area (Å²) in [5.41, 5.74) is 2.44. The van der Waals surface area contributed by atoms with Crippen molar-refractivity contribution in [2.75, 3.05) is 78.4 Å². The number of methoxy groups -OCH3 is 1. The van der Waals surface area contributed by atoms with Crippen molar-refractivity contribution in [1.82, 2.24) is 4.72 Å². The molecule has 5 aromatic carbocycles. The molecule has 0 fully saturated rings. The van der Waals surface area contributed by atoms with Crippen molar-refractivity contribution in [3.8, 4) is 11.5 Å². The topological polar surface area (TPSA) is 249 Å². The van der Waals surface area contributed by atoms with Gasteiger partial charge in [-0.05, 0) is 84.6 Å². The highest BCUT2D eigenvalue weighted by Gasteiger charge is 2.23. The van der Waals surface area contributed by atoms with Gasteiger partial charge >= 0.3 is 0 Å². The van der Waals surface area contributed by atoms with Gasteiger partial charge in [-0.1, -0.05) is 18.2 Å². The first-order chi connectivity index (χ1) is 28.9. The van der Waals surface area contributed by atoms with Crippen LogP contribution in [-0.4, -0.2) is 105 Å². The van der Waals surface area contributed by atoms with Crippen LogP contribution >= 0.6 is 0 Å². The predicted molar refractivity (Wildman–Crippen MR) is 223 cm³/mol. The quantitative estimate of drug-likeness (QED) is 0.0238. The first kappa shape index (κ1) is 45.7. The second-order valence-corrected chi connectivity index (χ2v) is 15.9. The molecule has 18 nitrogen and oxygen atoms in total. The van der Waals surface area contributed by atoms with Crippen molar-refractivity contribution in [3.05, 3.63) is 96.6 Å². The number of hydrogen-bond acceptors (Lipinski definition) is 16. The number of aromatic hydroxyl groups is 1. The molecule has 0 amide bonds. The van der Waals surface area contributed by atoms with E-state index >= 15 is 0 Å². The number of aryl methyl sites for hydroxylation is 1. The summed E-state index contributed by atoms with van der Waals surface area (Å²) in [5, 5.41) is 40.3. The molecule has 0 aromatic heterocycles. The molecule has 0 saturated heterocycles. The Labute approximate surface area is 347 Å². The summed E-state index contributed by atoms with van der Waals surface area (Å²) in [5.74, 6) is -0.315. The van der Waals surface area contributed by atoms with E-state index in [1.54, 1.807) is 31.2 Å². The second kappa shape index (κ2) is 22.3. The van der Waals surface area contributed by atoms with E-state index in [1.807, 2.05) is 30.3 Å². The Morgan fingerprint density at radius 2 is 1.30 bits per heavy atom. The third kappa shape index (κ3) is 13.3. The van der Waals surface area contributed by atoms with Crippen LogP contribution in [-0.2, 0) is 39.1 Å². The van der Waals surface area contributed by atoms with Crippen LogP contribution in [0.3, 0.4) is 0 Å². The number of nitrogens with zero attached hydrogens (tertiary/aromatic N) is 4. The van der Waals surface area contributed by atoms with Gasteiger partial charge in [-0.15, -0.1) is 10.2 Å². The highest BCUT2D eigenvalue weighted by molar-refractivity contribution is 7.89. The minimum atomic E-state index is -4.86.